The molecule has 0 radical (unpaired) electrons. The third kappa shape index (κ3) is 19.1. The summed E-state index contributed by atoms with van der Waals surface area (Å²) in [4.78, 5) is 6.76. The van der Waals surface area contributed by atoms with E-state index in [2.05, 4.69) is 150 Å². The number of ether oxygens (including phenoxy) is 1. The summed E-state index contributed by atoms with van der Waals surface area (Å²) in [7, 11) is -0.192. The second-order valence-corrected chi connectivity index (χ2v) is 30.1. The van der Waals surface area contributed by atoms with Crippen LogP contribution >= 0.6 is 0 Å². The van der Waals surface area contributed by atoms with Crippen LogP contribution in [-0.4, -0.2) is 60.9 Å². The summed E-state index contributed by atoms with van der Waals surface area (Å²) in [6.45, 7) is 43.2. The van der Waals surface area contributed by atoms with E-state index in [-0.39, 0.29) is 65.9 Å². The second-order valence-electron chi connectivity index (χ2n) is 20.5. The maximum Gasteiger partial charge on any atom is 3.00 e. The summed E-state index contributed by atoms with van der Waals surface area (Å²) in [6.07, 6.45) is 4.29. The monoisotopic (exact) mass is 827 g/mol. The Morgan fingerprint density at radius 2 is 1.12 bits per heavy atom. The fraction of sp³-hybridized carbons (Fsp3) is 0.698. The van der Waals surface area contributed by atoms with E-state index in [9.17, 15) is 10.2 Å². The van der Waals surface area contributed by atoms with Gasteiger partial charge in [-0.15, -0.1) is 5.75 Å². The number of aliphatic imine (C=N–C) groups is 1. The predicted octanol–water partition coefficient (Wildman–Crippen LogP) is 10.4. The number of hydrogen-bond acceptors (Lipinski definition) is 5. The van der Waals surface area contributed by atoms with Gasteiger partial charge in [0.15, 0.2) is 0 Å². The molecule has 0 unspecified atom stereocenters. The number of benzene rings is 2. The van der Waals surface area contributed by atoms with Crippen molar-refractivity contribution in [1.82, 2.24) is 4.90 Å². The van der Waals surface area contributed by atoms with Gasteiger partial charge in [-0.1, -0.05) is 169 Å². The first-order chi connectivity index (χ1) is 22.8. The number of likely N-dealkylation sites (N-methyl/N-ethyl adjacent to an activating group) is 1. The van der Waals surface area contributed by atoms with Gasteiger partial charge in [0.2, 0.25) is 0 Å². The van der Waals surface area contributed by atoms with Gasteiger partial charge in [0.05, 0.1) is 6.54 Å². The number of nitrogens with zero attached hydrogens (tertiary/aromatic N) is 3. The second kappa shape index (κ2) is 20.3. The fourth-order valence-electron chi connectivity index (χ4n) is 5.81. The van der Waals surface area contributed by atoms with Gasteiger partial charge in [0.1, 0.15) is 0 Å². The van der Waals surface area contributed by atoms with Gasteiger partial charge in [0.25, 0.3) is 0 Å². The number of rotatable bonds is 8. The third-order valence-corrected chi connectivity index (χ3v) is 13.8. The summed E-state index contributed by atoms with van der Waals surface area (Å²) < 4.78 is 9.76. The van der Waals surface area contributed by atoms with Crippen molar-refractivity contribution in [2.75, 3.05) is 33.4 Å². The van der Waals surface area contributed by atoms with Crippen LogP contribution in [0.3, 0.4) is 0 Å². The van der Waals surface area contributed by atoms with Crippen molar-refractivity contribution in [2.45, 2.75) is 163 Å². The molecule has 292 valence electrons. The van der Waals surface area contributed by atoms with Crippen LogP contribution in [0.2, 0.25) is 39.3 Å². The van der Waals surface area contributed by atoms with E-state index in [4.69, 9.17) is 9.38 Å². The van der Waals surface area contributed by atoms with Crippen LogP contribution < -0.4 is 10.2 Å². The molecule has 1 fully saturated rings. The van der Waals surface area contributed by atoms with Crippen LogP contribution in [0.5, 0.6) is 11.5 Å². The van der Waals surface area contributed by atoms with Crippen molar-refractivity contribution in [1.29, 1.82) is 0 Å². The molecule has 52 heavy (non-hydrogen) atoms. The maximum atomic E-state index is 13.3. The molecule has 2 aromatic rings. The molecule has 0 N–H and O–H groups in total. The van der Waals surface area contributed by atoms with E-state index in [0.29, 0.717) is 25.2 Å². The van der Waals surface area contributed by atoms with Crippen LogP contribution in [0.4, 0.5) is 0 Å². The molecule has 9 heteroatoms. The Labute approximate surface area is 348 Å². The van der Waals surface area contributed by atoms with Gasteiger partial charge in [-0.3, -0.25) is 4.99 Å². The fourth-order valence-corrected chi connectivity index (χ4v) is 13.9. The molecule has 3 rings (SSSR count). The Hall–Kier alpha value is -0.872. The maximum absolute atomic E-state index is 13.3. The summed E-state index contributed by atoms with van der Waals surface area (Å²) in [5, 5.41) is 26.5. The van der Waals surface area contributed by atoms with E-state index in [1.54, 1.807) is 6.21 Å². The van der Waals surface area contributed by atoms with Crippen LogP contribution in [0.15, 0.2) is 29.3 Å². The Morgan fingerprint density at radius 1 is 0.692 bits per heavy atom. The molecule has 0 spiro atoms. The molecule has 1 aliphatic rings. The predicted molar refractivity (Wildman–Crippen MR) is 225 cm³/mol. The van der Waals surface area contributed by atoms with E-state index in [1.807, 2.05) is 13.1 Å². The van der Waals surface area contributed by atoms with Crippen molar-refractivity contribution in [2.24, 2.45) is 4.99 Å². The Balaban J connectivity index is 0.00000144. The van der Waals surface area contributed by atoms with Gasteiger partial charge >= 0.3 is 32.7 Å². The quantitative estimate of drug-likeness (QED) is 0.196. The minimum Gasteiger partial charge on any atom is -0.872 e. The SMILES string of the molecule is C1CCOC1.CN(CCN=Cc1cc(C(C)(C)C)cc(C(C)(C)C)c1[O-])Cc1cc(C(C)(C)C)cc(C(C)(C)C)c1[O-].C[Si](C)(C)[N-][Si](C)(C)C.[Y+3]. The molecular formula is C43H76N3O3Si2Y. The summed E-state index contributed by atoms with van der Waals surface area (Å²) in [5.41, 5.74) is 4.99. The largest absolute Gasteiger partial charge is 3.00 e. The van der Waals surface area contributed by atoms with E-state index < -0.39 is 16.5 Å². The van der Waals surface area contributed by atoms with Crippen molar-refractivity contribution in [3.8, 4) is 11.5 Å². The molecule has 1 aliphatic heterocycles. The van der Waals surface area contributed by atoms with Gasteiger partial charge in [-0.05, 0) is 74.9 Å². The van der Waals surface area contributed by atoms with E-state index in [0.717, 1.165) is 35.5 Å². The Bertz CT molecular complexity index is 1390. The topological polar surface area (TPSA) is 85.1 Å². The van der Waals surface area contributed by atoms with Gasteiger partial charge in [-0.2, -0.15) is 0 Å². The minimum absolute atomic E-state index is 0. The molecule has 1 saturated heterocycles. The molecule has 2 aromatic carbocycles. The molecule has 1 heterocycles. The summed E-state index contributed by atoms with van der Waals surface area (Å²) in [5.74, 6) is 0.197. The normalized spacial score (nSPS) is 14.5. The first-order valence-electron chi connectivity index (χ1n) is 19.0. The van der Waals surface area contributed by atoms with Crippen molar-refractivity contribution >= 4 is 22.7 Å². The first kappa shape index (κ1) is 51.1. The van der Waals surface area contributed by atoms with Crippen LogP contribution in [0, 0.1) is 0 Å². The molecule has 0 aliphatic carbocycles. The third-order valence-electron chi connectivity index (χ3n) is 8.41. The average Bonchev–Trinajstić information content (AvgIpc) is 3.49. The van der Waals surface area contributed by atoms with Crippen molar-refractivity contribution in [3.63, 3.8) is 0 Å². The summed E-state index contributed by atoms with van der Waals surface area (Å²) >= 11 is 0. The van der Waals surface area contributed by atoms with Crippen molar-refractivity contribution in [3.05, 3.63) is 62.3 Å². The van der Waals surface area contributed by atoms with Crippen LogP contribution in [0.25, 0.3) is 4.65 Å². The average molecular weight is 828 g/mol. The zero-order valence-electron chi connectivity index (χ0n) is 37.0. The van der Waals surface area contributed by atoms with Crippen molar-refractivity contribution < 1.29 is 47.7 Å². The summed E-state index contributed by atoms with van der Waals surface area (Å²) in [6, 6.07) is 8.22. The van der Waals surface area contributed by atoms with Crippen LogP contribution in [0.1, 0.15) is 129 Å². The van der Waals surface area contributed by atoms with E-state index >= 15 is 0 Å². The molecular weight excluding hydrogens is 752 g/mol. The molecule has 0 atom stereocenters. The van der Waals surface area contributed by atoms with Gasteiger partial charge in [-0.25, -0.2) is 0 Å². The molecule has 0 amide bonds. The first-order valence-corrected chi connectivity index (χ1v) is 25.9. The molecule has 6 nitrogen and oxygen atoms in total. The standard InChI is InChI=1S/C33H52N2O2.C6H18NSi2.C4H8O.Y/c1-30(2,3)24-16-22(28(36)26(18-24)32(7,8)9)20-34-14-15-35(13)21-23-17-25(31(4,5)6)19-27(29(23)37)33(10,11)12;1-8(2,3)7-9(4,5)6;1-2-4-5-3-1;/h16-20,36-37H,14-15,21H2,1-13H3;1-6H3;1-4H2;/q;-1;;+3/p-2. The zero-order chi connectivity index (χ0) is 39.8. The zero-order valence-corrected chi connectivity index (χ0v) is 41.8. The molecule has 0 saturated carbocycles. The molecule has 0 bridgehead atoms. The van der Waals surface area contributed by atoms with Crippen LogP contribution in [-0.2, 0) is 65.7 Å². The Kier molecular flexibility index (Phi) is 20.0. The smallest absolute Gasteiger partial charge is 0.872 e. The van der Waals surface area contributed by atoms with E-state index in [1.165, 1.54) is 18.4 Å². The Morgan fingerprint density at radius 3 is 1.46 bits per heavy atom. The molecule has 0 aromatic heterocycles. The van der Waals surface area contributed by atoms with Gasteiger partial charge < -0.3 is 24.5 Å². The minimum atomic E-state index is -1.11. The van der Waals surface area contributed by atoms with Gasteiger partial charge in [0, 0.05) is 32.5 Å². The number of hydrogen-bond donors (Lipinski definition) is 0.